The van der Waals surface area contributed by atoms with E-state index in [1.54, 1.807) is 14.0 Å². The maximum atomic E-state index is 12.9. The molecule has 0 heterocycles. The SMILES string of the molecule is Cc1cc(F)ccc1OCC(=O)N(C)CCC(N)=S. The molecule has 0 aliphatic heterocycles. The number of hydrogen-bond donors (Lipinski definition) is 1. The summed E-state index contributed by atoms with van der Waals surface area (Å²) in [7, 11) is 1.65. The van der Waals surface area contributed by atoms with Gasteiger partial charge in [0.1, 0.15) is 11.6 Å². The van der Waals surface area contributed by atoms with Crippen LogP contribution in [0.1, 0.15) is 12.0 Å². The number of rotatable bonds is 6. The van der Waals surface area contributed by atoms with Crippen molar-refractivity contribution in [3.8, 4) is 5.75 Å². The van der Waals surface area contributed by atoms with E-state index in [1.807, 2.05) is 0 Å². The van der Waals surface area contributed by atoms with Crippen molar-refractivity contribution in [3.63, 3.8) is 0 Å². The Hall–Kier alpha value is -1.69. The van der Waals surface area contributed by atoms with Gasteiger partial charge in [-0.25, -0.2) is 4.39 Å². The fourth-order valence-electron chi connectivity index (χ4n) is 1.43. The van der Waals surface area contributed by atoms with Crippen LogP contribution in [0, 0.1) is 12.7 Å². The zero-order valence-corrected chi connectivity index (χ0v) is 11.8. The molecule has 0 saturated carbocycles. The molecule has 1 aromatic rings. The van der Waals surface area contributed by atoms with Gasteiger partial charge in [0.15, 0.2) is 6.61 Å². The maximum absolute atomic E-state index is 12.9. The van der Waals surface area contributed by atoms with E-state index in [2.05, 4.69) is 0 Å². The van der Waals surface area contributed by atoms with E-state index in [9.17, 15) is 9.18 Å². The number of likely N-dealkylation sites (N-methyl/N-ethyl adjacent to an activating group) is 1. The Morgan fingerprint density at radius 1 is 1.53 bits per heavy atom. The molecule has 1 rings (SSSR count). The highest BCUT2D eigenvalue weighted by Gasteiger charge is 2.10. The Bertz CT molecular complexity index is 480. The topological polar surface area (TPSA) is 55.6 Å². The van der Waals surface area contributed by atoms with Gasteiger partial charge < -0.3 is 15.4 Å². The largest absolute Gasteiger partial charge is 0.483 e. The number of carbonyl (C=O) groups is 1. The van der Waals surface area contributed by atoms with Gasteiger partial charge in [-0.05, 0) is 30.7 Å². The van der Waals surface area contributed by atoms with Crippen LogP contribution < -0.4 is 10.5 Å². The number of carbonyl (C=O) groups excluding carboxylic acids is 1. The predicted octanol–water partition coefficient (Wildman–Crippen LogP) is 1.65. The maximum Gasteiger partial charge on any atom is 0.260 e. The van der Waals surface area contributed by atoms with Gasteiger partial charge in [0.05, 0.1) is 4.99 Å². The first-order valence-corrected chi connectivity index (χ1v) is 6.22. The lowest BCUT2D eigenvalue weighted by molar-refractivity contribution is -0.131. The quantitative estimate of drug-likeness (QED) is 0.807. The molecule has 0 aliphatic carbocycles. The Morgan fingerprint density at radius 2 is 2.21 bits per heavy atom. The van der Waals surface area contributed by atoms with Crippen LogP contribution in [-0.2, 0) is 4.79 Å². The minimum absolute atomic E-state index is 0.0969. The molecule has 1 amide bonds. The van der Waals surface area contributed by atoms with Gasteiger partial charge in [-0.3, -0.25) is 4.79 Å². The number of halogens is 1. The monoisotopic (exact) mass is 284 g/mol. The van der Waals surface area contributed by atoms with Crippen LogP contribution in [-0.4, -0.2) is 36.0 Å². The van der Waals surface area contributed by atoms with Crippen LogP contribution in [0.3, 0.4) is 0 Å². The highest BCUT2D eigenvalue weighted by atomic mass is 32.1. The molecule has 0 aromatic heterocycles. The predicted molar refractivity (Wildman–Crippen MR) is 75.7 cm³/mol. The summed E-state index contributed by atoms with van der Waals surface area (Å²) in [4.78, 5) is 13.6. The number of thiocarbonyl (C=S) groups is 1. The summed E-state index contributed by atoms with van der Waals surface area (Å²) < 4.78 is 18.3. The number of aryl methyl sites for hydroxylation is 1. The van der Waals surface area contributed by atoms with Gasteiger partial charge in [-0.15, -0.1) is 0 Å². The molecule has 2 N–H and O–H groups in total. The van der Waals surface area contributed by atoms with Crippen LogP contribution in [0.5, 0.6) is 5.75 Å². The molecule has 19 heavy (non-hydrogen) atoms. The molecule has 0 fully saturated rings. The van der Waals surface area contributed by atoms with Gasteiger partial charge in [0.25, 0.3) is 5.91 Å². The number of nitrogens with two attached hydrogens (primary N) is 1. The second-order valence-electron chi connectivity index (χ2n) is 4.23. The van der Waals surface area contributed by atoms with Gasteiger partial charge in [-0.1, -0.05) is 12.2 Å². The van der Waals surface area contributed by atoms with Crippen molar-refractivity contribution in [3.05, 3.63) is 29.6 Å². The normalized spacial score (nSPS) is 10.1. The van der Waals surface area contributed by atoms with Crippen molar-refractivity contribution in [2.24, 2.45) is 5.73 Å². The Morgan fingerprint density at radius 3 is 2.79 bits per heavy atom. The standard InChI is InChI=1S/C13H17FN2O2S/c1-9-7-10(14)3-4-11(9)18-8-13(17)16(2)6-5-12(15)19/h3-4,7H,5-6,8H2,1-2H3,(H2,15,19). The van der Waals surface area contributed by atoms with E-state index in [0.29, 0.717) is 29.3 Å². The van der Waals surface area contributed by atoms with Crippen molar-refractivity contribution in [2.75, 3.05) is 20.2 Å². The second kappa shape index (κ2) is 7.04. The summed E-state index contributed by atoms with van der Waals surface area (Å²) >= 11 is 4.74. The van der Waals surface area contributed by atoms with Gasteiger partial charge >= 0.3 is 0 Å². The van der Waals surface area contributed by atoms with Crippen LogP contribution in [0.25, 0.3) is 0 Å². The highest BCUT2D eigenvalue weighted by molar-refractivity contribution is 7.80. The molecule has 6 heteroatoms. The molecule has 1 aromatic carbocycles. The summed E-state index contributed by atoms with van der Waals surface area (Å²) in [6, 6.07) is 4.16. The Labute approximate surface area is 117 Å². The lowest BCUT2D eigenvalue weighted by Crippen LogP contribution is -2.33. The van der Waals surface area contributed by atoms with Gasteiger partial charge in [-0.2, -0.15) is 0 Å². The van der Waals surface area contributed by atoms with Crippen molar-refractivity contribution >= 4 is 23.1 Å². The highest BCUT2D eigenvalue weighted by Crippen LogP contribution is 2.18. The third-order valence-electron chi connectivity index (χ3n) is 2.61. The molecule has 0 atom stereocenters. The first-order chi connectivity index (χ1) is 8.90. The number of nitrogens with zero attached hydrogens (tertiary/aromatic N) is 1. The third-order valence-corrected chi connectivity index (χ3v) is 2.81. The molecule has 4 nitrogen and oxygen atoms in total. The Kier molecular flexibility index (Phi) is 5.69. The van der Waals surface area contributed by atoms with E-state index in [0.717, 1.165) is 0 Å². The molecule has 0 radical (unpaired) electrons. The van der Waals surface area contributed by atoms with E-state index in [1.165, 1.54) is 23.1 Å². The van der Waals surface area contributed by atoms with Gasteiger partial charge in [0, 0.05) is 20.0 Å². The van der Waals surface area contributed by atoms with Crippen molar-refractivity contribution in [2.45, 2.75) is 13.3 Å². The fraction of sp³-hybridized carbons (Fsp3) is 0.385. The Balaban J connectivity index is 2.47. The lowest BCUT2D eigenvalue weighted by Gasteiger charge is -2.17. The summed E-state index contributed by atoms with van der Waals surface area (Å²) in [5.41, 5.74) is 6.02. The average Bonchev–Trinajstić information content (AvgIpc) is 2.34. The van der Waals surface area contributed by atoms with E-state index >= 15 is 0 Å². The molecule has 0 saturated heterocycles. The minimum Gasteiger partial charge on any atom is -0.483 e. The van der Waals surface area contributed by atoms with Crippen molar-refractivity contribution < 1.29 is 13.9 Å². The number of hydrogen-bond acceptors (Lipinski definition) is 3. The summed E-state index contributed by atoms with van der Waals surface area (Å²) in [5.74, 6) is -0.0118. The molecule has 0 bridgehead atoms. The van der Waals surface area contributed by atoms with Crippen LogP contribution in [0.2, 0.25) is 0 Å². The van der Waals surface area contributed by atoms with Crippen molar-refractivity contribution in [1.82, 2.24) is 4.90 Å². The van der Waals surface area contributed by atoms with Crippen LogP contribution in [0.15, 0.2) is 18.2 Å². The van der Waals surface area contributed by atoms with E-state index in [4.69, 9.17) is 22.7 Å². The molecule has 104 valence electrons. The summed E-state index contributed by atoms with van der Waals surface area (Å²) in [5, 5.41) is 0. The summed E-state index contributed by atoms with van der Waals surface area (Å²) in [6.07, 6.45) is 0.479. The zero-order chi connectivity index (χ0) is 14.4. The zero-order valence-electron chi connectivity index (χ0n) is 11.0. The smallest absolute Gasteiger partial charge is 0.260 e. The van der Waals surface area contributed by atoms with Crippen LogP contribution >= 0.6 is 12.2 Å². The molecular weight excluding hydrogens is 267 g/mol. The van der Waals surface area contributed by atoms with Gasteiger partial charge in [0.2, 0.25) is 0 Å². The first kappa shape index (κ1) is 15.4. The van der Waals surface area contributed by atoms with Crippen LogP contribution in [0.4, 0.5) is 4.39 Å². The van der Waals surface area contributed by atoms with E-state index in [-0.39, 0.29) is 18.3 Å². The fourth-order valence-corrected chi connectivity index (χ4v) is 1.52. The third kappa shape index (κ3) is 5.21. The molecule has 0 unspecified atom stereocenters. The number of benzene rings is 1. The number of ether oxygens (including phenoxy) is 1. The average molecular weight is 284 g/mol. The van der Waals surface area contributed by atoms with E-state index < -0.39 is 0 Å². The minimum atomic E-state index is -0.329. The van der Waals surface area contributed by atoms with Crippen molar-refractivity contribution in [1.29, 1.82) is 0 Å². The molecular formula is C13H17FN2O2S. The number of amides is 1. The first-order valence-electron chi connectivity index (χ1n) is 5.81. The molecule has 0 aliphatic rings. The lowest BCUT2D eigenvalue weighted by atomic mass is 10.2. The second-order valence-corrected chi connectivity index (χ2v) is 4.75. The summed E-state index contributed by atoms with van der Waals surface area (Å²) in [6.45, 7) is 2.08. The molecule has 0 spiro atoms.